The van der Waals surface area contributed by atoms with Crippen molar-refractivity contribution in [2.75, 3.05) is 7.05 Å². The standard InChI is InChI=1S/C21H16F3N5O3/c1-28(11-17-25-14-8-4-2-6-12(14)19(31)26-17)20(32)18-16(30)10-29(27-18)15-9-5-3-7-13(15)21(22,23)24/h2-10,30H,11H2,1H3,(H,25,26,31). The van der Waals surface area contributed by atoms with Gasteiger partial charge >= 0.3 is 6.18 Å². The molecule has 11 heteroatoms. The Morgan fingerprint density at radius 1 is 1.16 bits per heavy atom. The number of amides is 1. The van der Waals surface area contributed by atoms with Crippen molar-refractivity contribution in [3.8, 4) is 11.4 Å². The van der Waals surface area contributed by atoms with Crippen LogP contribution in [0, 0.1) is 0 Å². The predicted molar refractivity (Wildman–Crippen MR) is 108 cm³/mol. The largest absolute Gasteiger partial charge is 0.504 e. The maximum absolute atomic E-state index is 13.3. The van der Waals surface area contributed by atoms with E-state index in [9.17, 15) is 27.9 Å². The third-order valence-electron chi connectivity index (χ3n) is 4.75. The summed E-state index contributed by atoms with van der Waals surface area (Å²) in [5.41, 5.74) is -1.66. The molecule has 4 rings (SSSR count). The van der Waals surface area contributed by atoms with Crippen LogP contribution in [0.15, 0.2) is 59.5 Å². The zero-order valence-corrected chi connectivity index (χ0v) is 16.6. The molecule has 0 aliphatic carbocycles. The molecular weight excluding hydrogens is 427 g/mol. The number of para-hydroxylation sites is 2. The van der Waals surface area contributed by atoms with Crippen LogP contribution in [0.25, 0.3) is 16.6 Å². The number of hydrogen-bond acceptors (Lipinski definition) is 5. The molecule has 0 radical (unpaired) electrons. The van der Waals surface area contributed by atoms with Gasteiger partial charge < -0.3 is 15.0 Å². The fourth-order valence-electron chi connectivity index (χ4n) is 3.24. The van der Waals surface area contributed by atoms with Gasteiger partial charge in [-0.1, -0.05) is 24.3 Å². The highest BCUT2D eigenvalue weighted by molar-refractivity contribution is 5.94. The summed E-state index contributed by atoms with van der Waals surface area (Å²) in [7, 11) is 1.39. The summed E-state index contributed by atoms with van der Waals surface area (Å²) in [6.07, 6.45) is -3.71. The van der Waals surface area contributed by atoms with Gasteiger partial charge in [0.1, 0.15) is 5.82 Å². The summed E-state index contributed by atoms with van der Waals surface area (Å²) in [4.78, 5) is 33.0. The van der Waals surface area contributed by atoms with Gasteiger partial charge in [-0.3, -0.25) is 9.59 Å². The number of halogens is 3. The Labute approximate surface area is 178 Å². The van der Waals surface area contributed by atoms with Gasteiger partial charge in [0.2, 0.25) is 0 Å². The highest BCUT2D eigenvalue weighted by Gasteiger charge is 2.34. The summed E-state index contributed by atoms with van der Waals surface area (Å²) in [5.74, 6) is -1.15. The molecule has 2 N–H and O–H groups in total. The normalized spacial score (nSPS) is 11.6. The van der Waals surface area contributed by atoms with Crippen molar-refractivity contribution in [2.24, 2.45) is 0 Å². The lowest BCUT2D eigenvalue weighted by Crippen LogP contribution is -2.29. The molecule has 0 aliphatic heterocycles. The van der Waals surface area contributed by atoms with Gasteiger partial charge in [-0.05, 0) is 24.3 Å². The summed E-state index contributed by atoms with van der Waals surface area (Å²) in [6.45, 7) is -0.121. The minimum Gasteiger partial charge on any atom is -0.504 e. The van der Waals surface area contributed by atoms with Crippen LogP contribution in [0.2, 0.25) is 0 Å². The molecule has 0 atom stereocenters. The smallest absolute Gasteiger partial charge is 0.418 e. The Morgan fingerprint density at radius 3 is 2.59 bits per heavy atom. The van der Waals surface area contributed by atoms with Crippen LogP contribution >= 0.6 is 0 Å². The Hall–Kier alpha value is -4.15. The monoisotopic (exact) mass is 443 g/mol. The molecule has 0 saturated carbocycles. The second kappa shape index (κ2) is 7.84. The second-order valence-corrected chi connectivity index (χ2v) is 7.01. The maximum atomic E-state index is 13.3. The third kappa shape index (κ3) is 3.92. The number of carbonyl (C=O) groups is 1. The topological polar surface area (TPSA) is 104 Å². The van der Waals surface area contributed by atoms with Crippen LogP contribution in [-0.2, 0) is 12.7 Å². The molecule has 32 heavy (non-hydrogen) atoms. The van der Waals surface area contributed by atoms with Crippen molar-refractivity contribution in [3.05, 3.63) is 82.2 Å². The van der Waals surface area contributed by atoms with E-state index >= 15 is 0 Å². The van der Waals surface area contributed by atoms with Crippen molar-refractivity contribution in [2.45, 2.75) is 12.7 Å². The lowest BCUT2D eigenvalue weighted by atomic mass is 10.2. The van der Waals surface area contributed by atoms with Crippen molar-refractivity contribution in [1.82, 2.24) is 24.6 Å². The van der Waals surface area contributed by atoms with Crippen LogP contribution in [0.4, 0.5) is 13.2 Å². The molecule has 0 spiro atoms. The Morgan fingerprint density at radius 2 is 1.84 bits per heavy atom. The molecular formula is C21H16F3N5O3. The van der Waals surface area contributed by atoms with E-state index in [4.69, 9.17) is 0 Å². The van der Waals surface area contributed by atoms with Crippen LogP contribution in [0.5, 0.6) is 5.75 Å². The Balaban J connectivity index is 1.63. The minimum atomic E-state index is -4.65. The molecule has 1 amide bonds. The molecule has 0 unspecified atom stereocenters. The SMILES string of the molecule is CN(Cc1nc2ccccc2c(=O)[nH]1)C(=O)c1nn(-c2ccccc2C(F)(F)F)cc1O. The summed E-state index contributed by atoms with van der Waals surface area (Å²) in [6, 6.07) is 11.4. The first-order chi connectivity index (χ1) is 15.1. The van der Waals surface area contributed by atoms with Gasteiger partial charge in [0.05, 0.1) is 34.9 Å². The first kappa shape index (κ1) is 21.1. The number of hydrogen-bond donors (Lipinski definition) is 2. The first-order valence-corrected chi connectivity index (χ1v) is 9.34. The number of nitrogens with one attached hydrogen (secondary N) is 1. The molecule has 0 bridgehead atoms. The molecule has 2 aromatic heterocycles. The molecule has 164 valence electrons. The average molecular weight is 443 g/mol. The van der Waals surface area contributed by atoms with Crippen LogP contribution in [0.1, 0.15) is 21.9 Å². The number of H-pyrrole nitrogens is 1. The van der Waals surface area contributed by atoms with Gasteiger partial charge in [-0.25, -0.2) is 9.67 Å². The molecule has 2 heterocycles. The zero-order valence-electron chi connectivity index (χ0n) is 16.6. The molecule has 0 saturated heterocycles. The number of carbonyl (C=O) groups excluding carboxylic acids is 1. The van der Waals surface area contributed by atoms with E-state index in [1.54, 1.807) is 24.3 Å². The number of aromatic hydroxyl groups is 1. The van der Waals surface area contributed by atoms with Crippen molar-refractivity contribution < 1.29 is 23.1 Å². The number of benzene rings is 2. The summed E-state index contributed by atoms with van der Waals surface area (Å²) >= 11 is 0. The van der Waals surface area contributed by atoms with E-state index in [1.165, 1.54) is 25.2 Å². The lowest BCUT2D eigenvalue weighted by molar-refractivity contribution is -0.137. The Kier molecular flexibility index (Phi) is 5.17. The minimum absolute atomic E-state index is 0.121. The lowest BCUT2D eigenvalue weighted by Gasteiger charge is -2.15. The number of aromatic amines is 1. The second-order valence-electron chi connectivity index (χ2n) is 7.01. The summed E-state index contributed by atoms with van der Waals surface area (Å²) < 4.78 is 40.7. The van der Waals surface area contributed by atoms with Crippen LogP contribution < -0.4 is 5.56 Å². The molecule has 2 aromatic carbocycles. The van der Waals surface area contributed by atoms with Gasteiger partial charge in [-0.2, -0.15) is 18.3 Å². The summed E-state index contributed by atoms with van der Waals surface area (Å²) in [5, 5.41) is 14.4. The van der Waals surface area contributed by atoms with Crippen molar-refractivity contribution in [3.63, 3.8) is 0 Å². The Bertz CT molecular complexity index is 1380. The quantitative estimate of drug-likeness (QED) is 0.505. The number of aromatic nitrogens is 4. The molecule has 8 nitrogen and oxygen atoms in total. The molecule has 4 aromatic rings. The third-order valence-corrected chi connectivity index (χ3v) is 4.75. The maximum Gasteiger partial charge on any atom is 0.418 e. The number of fused-ring (bicyclic) bond motifs is 1. The highest BCUT2D eigenvalue weighted by Crippen LogP contribution is 2.34. The van der Waals surface area contributed by atoms with E-state index in [0.717, 1.165) is 21.8 Å². The number of alkyl halides is 3. The van der Waals surface area contributed by atoms with Crippen molar-refractivity contribution in [1.29, 1.82) is 0 Å². The number of rotatable bonds is 4. The van der Waals surface area contributed by atoms with Crippen molar-refractivity contribution >= 4 is 16.8 Å². The molecule has 0 aliphatic rings. The van der Waals surface area contributed by atoms with Gasteiger partial charge in [0.25, 0.3) is 11.5 Å². The number of nitrogens with zero attached hydrogens (tertiary/aromatic N) is 4. The van der Waals surface area contributed by atoms with Gasteiger partial charge in [0, 0.05) is 7.05 Å². The van der Waals surface area contributed by atoms with Crippen LogP contribution in [0.3, 0.4) is 0 Å². The van der Waals surface area contributed by atoms with E-state index < -0.39 is 29.1 Å². The van der Waals surface area contributed by atoms with Gasteiger partial charge in [-0.15, -0.1) is 0 Å². The van der Waals surface area contributed by atoms with Crippen LogP contribution in [-0.4, -0.2) is 42.7 Å². The van der Waals surface area contributed by atoms with E-state index in [0.29, 0.717) is 10.9 Å². The fourth-order valence-corrected chi connectivity index (χ4v) is 3.24. The van der Waals surface area contributed by atoms with E-state index in [2.05, 4.69) is 15.1 Å². The average Bonchev–Trinajstić information content (AvgIpc) is 3.14. The highest BCUT2D eigenvalue weighted by atomic mass is 19.4. The van der Waals surface area contributed by atoms with Gasteiger partial charge in [0.15, 0.2) is 11.4 Å². The van der Waals surface area contributed by atoms with E-state index in [-0.39, 0.29) is 23.6 Å². The zero-order chi connectivity index (χ0) is 23.0. The fraction of sp³-hybridized carbons (Fsp3) is 0.143. The predicted octanol–water partition coefficient (Wildman–Crippen LogP) is 3.11. The molecule has 0 fully saturated rings. The van der Waals surface area contributed by atoms with E-state index in [1.807, 2.05) is 0 Å². The first-order valence-electron chi connectivity index (χ1n) is 9.34.